The van der Waals surface area contributed by atoms with Crippen molar-refractivity contribution >= 4 is 30.7 Å². The number of halogens is 4. The van der Waals surface area contributed by atoms with Gasteiger partial charge < -0.3 is 9.55 Å². The molecule has 3 aromatic rings. The third kappa shape index (κ3) is 4.08. The Bertz CT molecular complexity index is 1130. The highest BCUT2D eigenvalue weighted by Crippen LogP contribution is 2.38. The molecule has 0 spiro atoms. The number of para-hydroxylation sites is 1. The fraction of sp³-hybridized carbons (Fsp3) is 0.0455. The van der Waals surface area contributed by atoms with Crippen LogP contribution >= 0.6 is 0 Å². The van der Waals surface area contributed by atoms with Crippen LogP contribution in [-0.2, 0) is 0 Å². The second-order valence-corrected chi connectivity index (χ2v) is 6.52. The maximum atomic E-state index is 14.2. The summed E-state index contributed by atoms with van der Waals surface area (Å²) in [5.41, 5.74) is 1.25. The van der Waals surface area contributed by atoms with Crippen molar-refractivity contribution in [2.45, 2.75) is 0 Å². The van der Waals surface area contributed by atoms with E-state index in [0.29, 0.717) is 22.6 Å². The molecule has 0 fully saturated rings. The second kappa shape index (κ2) is 8.45. The van der Waals surface area contributed by atoms with Gasteiger partial charge in [-0.05, 0) is 48.5 Å². The summed E-state index contributed by atoms with van der Waals surface area (Å²) in [5.74, 6) is -0.662. The van der Waals surface area contributed by atoms with E-state index in [1.165, 1.54) is 42.6 Å². The molecule has 0 amide bonds. The van der Waals surface area contributed by atoms with Gasteiger partial charge in [0.2, 0.25) is 0 Å². The molecule has 0 saturated carbocycles. The largest absolute Gasteiger partial charge is 0.678 e. The Morgan fingerprint density at radius 2 is 1.63 bits per heavy atom. The van der Waals surface area contributed by atoms with E-state index in [4.69, 9.17) is 4.74 Å². The molecule has 3 aromatic carbocycles. The number of hydrogen-bond acceptors (Lipinski definition) is 3. The van der Waals surface area contributed by atoms with Gasteiger partial charge in [0.25, 0.3) is 0 Å². The summed E-state index contributed by atoms with van der Waals surface area (Å²) >= 11 is 0. The average molecular weight is 410 g/mol. The number of anilines is 1. The van der Waals surface area contributed by atoms with Gasteiger partial charge in [-0.15, -0.1) is 0 Å². The van der Waals surface area contributed by atoms with Crippen LogP contribution in [0.25, 0.3) is 5.70 Å². The molecule has 8 heteroatoms. The molecule has 0 atom stereocenters. The normalized spacial score (nSPS) is 13.2. The van der Waals surface area contributed by atoms with Crippen LogP contribution in [-0.4, -0.2) is 20.2 Å². The highest BCUT2D eigenvalue weighted by Gasteiger charge is 2.34. The predicted molar refractivity (Wildman–Crippen MR) is 110 cm³/mol. The predicted octanol–water partition coefficient (Wildman–Crippen LogP) is 5.90. The van der Waals surface area contributed by atoms with Crippen LogP contribution in [0.1, 0.15) is 5.56 Å². The van der Waals surface area contributed by atoms with Crippen molar-refractivity contribution < 1.29 is 22.1 Å². The minimum absolute atomic E-state index is 0.00615. The summed E-state index contributed by atoms with van der Waals surface area (Å²) in [4.78, 5) is 4.97. The summed E-state index contributed by atoms with van der Waals surface area (Å²) in [5, 5.41) is 0. The van der Waals surface area contributed by atoms with Gasteiger partial charge in [0.05, 0.1) is 11.4 Å². The lowest BCUT2D eigenvalue weighted by atomic mass is 9.96. The van der Waals surface area contributed by atoms with Gasteiger partial charge in [-0.1, -0.05) is 24.3 Å². The first-order valence-electron chi connectivity index (χ1n) is 9.11. The highest BCUT2D eigenvalue weighted by molar-refractivity contribution is 6.52. The number of fused-ring (bicyclic) bond motifs is 1. The molecule has 30 heavy (non-hydrogen) atoms. The molecule has 0 aliphatic carbocycles. The van der Waals surface area contributed by atoms with Crippen molar-refractivity contribution in [2.75, 3.05) is 11.4 Å². The van der Waals surface area contributed by atoms with E-state index in [9.17, 15) is 17.4 Å². The van der Waals surface area contributed by atoms with Crippen LogP contribution in [0.5, 0.6) is 5.75 Å². The molecule has 0 aromatic heterocycles. The van der Waals surface area contributed by atoms with E-state index in [2.05, 4.69) is 4.99 Å². The van der Waals surface area contributed by atoms with Gasteiger partial charge in [-0.2, -0.15) is 0 Å². The molecule has 0 radical (unpaired) electrons. The maximum Gasteiger partial charge on any atom is 0.678 e. The molecule has 1 aliphatic rings. The zero-order chi connectivity index (χ0) is 21.1. The quantitative estimate of drug-likeness (QED) is 0.297. The zero-order valence-electron chi connectivity index (χ0n) is 15.6. The Hall–Kier alpha value is -3.55. The SMILES string of the molecule is FB(F)N(C1=C(C=Nc2cccc(F)c2)COc2ccccc21)c1cccc(F)c1. The Morgan fingerprint density at radius 1 is 0.900 bits per heavy atom. The Labute approximate surface area is 171 Å². The average Bonchev–Trinajstić information content (AvgIpc) is 2.73. The van der Waals surface area contributed by atoms with E-state index in [0.717, 1.165) is 10.9 Å². The fourth-order valence-electron chi connectivity index (χ4n) is 3.24. The van der Waals surface area contributed by atoms with Crippen LogP contribution in [0, 0.1) is 11.6 Å². The minimum atomic E-state index is -2.95. The summed E-state index contributed by atoms with van der Waals surface area (Å²) < 4.78 is 61.4. The van der Waals surface area contributed by atoms with Crippen molar-refractivity contribution in [3.8, 4) is 5.75 Å². The van der Waals surface area contributed by atoms with E-state index >= 15 is 0 Å². The van der Waals surface area contributed by atoms with Crippen LogP contribution in [0.15, 0.2) is 83.4 Å². The maximum absolute atomic E-state index is 14.2. The first kappa shape index (κ1) is 19.8. The van der Waals surface area contributed by atoms with Crippen LogP contribution in [0.4, 0.5) is 28.8 Å². The first-order chi connectivity index (χ1) is 14.5. The molecule has 1 heterocycles. The molecule has 0 N–H and O–H groups in total. The van der Waals surface area contributed by atoms with Gasteiger partial charge in [0, 0.05) is 23.0 Å². The molecule has 3 nitrogen and oxygen atoms in total. The Morgan fingerprint density at radius 3 is 2.37 bits per heavy atom. The van der Waals surface area contributed by atoms with Crippen molar-refractivity contribution in [2.24, 2.45) is 4.99 Å². The smallest absolute Gasteiger partial charge is 0.488 e. The van der Waals surface area contributed by atoms with E-state index in [-0.39, 0.29) is 18.0 Å². The molecular formula is C22H15BF4N2O. The summed E-state index contributed by atoms with van der Waals surface area (Å²) in [6.45, 7) is -0.0241. The zero-order valence-corrected chi connectivity index (χ0v) is 15.6. The number of benzene rings is 3. The first-order valence-corrected chi connectivity index (χ1v) is 9.11. The Kier molecular flexibility index (Phi) is 5.56. The van der Waals surface area contributed by atoms with Gasteiger partial charge >= 0.3 is 7.40 Å². The standard InChI is InChI=1S/C22H15BF4N2O/c24-16-5-3-7-18(11-16)28-13-15-14-30-21-10-2-1-9-20(21)22(15)29(23(26)27)19-8-4-6-17(25)12-19/h1-13H,14H2. The lowest BCUT2D eigenvalue weighted by Gasteiger charge is -2.31. The Balaban J connectivity index is 1.88. The molecule has 1 aliphatic heterocycles. The van der Waals surface area contributed by atoms with Crippen molar-refractivity contribution in [3.63, 3.8) is 0 Å². The van der Waals surface area contributed by atoms with Crippen LogP contribution in [0.2, 0.25) is 0 Å². The molecule has 0 saturated heterocycles. The highest BCUT2D eigenvalue weighted by atomic mass is 19.2. The topological polar surface area (TPSA) is 24.8 Å². The number of aliphatic imine (C=N–C) groups is 1. The lowest BCUT2D eigenvalue weighted by Crippen LogP contribution is -2.34. The van der Waals surface area contributed by atoms with E-state index in [1.54, 1.807) is 30.3 Å². The molecule has 150 valence electrons. The summed E-state index contributed by atoms with van der Waals surface area (Å²) in [6, 6.07) is 17.4. The van der Waals surface area contributed by atoms with Crippen molar-refractivity contribution in [1.29, 1.82) is 0 Å². The van der Waals surface area contributed by atoms with E-state index < -0.39 is 19.0 Å². The number of hydrogen-bond donors (Lipinski definition) is 0. The fourth-order valence-corrected chi connectivity index (χ4v) is 3.24. The third-order valence-corrected chi connectivity index (χ3v) is 4.53. The monoisotopic (exact) mass is 410 g/mol. The van der Waals surface area contributed by atoms with Crippen LogP contribution in [0.3, 0.4) is 0 Å². The molecule has 0 bridgehead atoms. The van der Waals surface area contributed by atoms with Gasteiger partial charge in [-0.3, -0.25) is 13.6 Å². The second-order valence-electron chi connectivity index (χ2n) is 6.52. The molecule has 0 unspecified atom stereocenters. The van der Waals surface area contributed by atoms with E-state index in [1.807, 2.05) is 0 Å². The number of rotatable bonds is 5. The van der Waals surface area contributed by atoms with Crippen molar-refractivity contribution in [3.05, 3.63) is 95.6 Å². The molecule has 4 rings (SSSR count). The lowest BCUT2D eigenvalue weighted by molar-refractivity contribution is 0.352. The third-order valence-electron chi connectivity index (χ3n) is 4.53. The van der Waals surface area contributed by atoms with Gasteiger partial charge in [0.1, 0.15) is 24.0 Å². The van der Waals surface area contributed by atoms with Crippen LogP contribution < -0.4 is 9.55 Å². The van der Waals surface area contributed by atoms with Gasteiger partial charge in [0.15, 0.2) is 0 Å². The number of nitrogens with zero attached hydrogens (tertiary/aromatic N) is 2. The summed E-state index contributed by atoms with van der Waals surface area (Å²) in [6.07, 6.45) is 1.37. The minimum Gasteiger partial charge on any atom is -0.488 e. The summed E-state index contributed by atoms with van der Waals surface area (Å²) in [7, 11) is -2.95. The molecular weight excluding hydrogens is 395 g/mol. The number of ether oxygens (including phenoxy) is 1. The van der Waals surface area contributed by atoms with Gasteiger partial charge in [-0.25, -0.2) is 8.78 Å². The van der Waals surface area contributed by atoms with Crippen molar-refractivity contribution in [1.82, 2.24) is 0 Å².